The Morgan fingerprint density at radius 3 is 2.71 bits per heavy atom. The molecule has 2 aromatic carbocycles. The van der Waals surface area contributed by atoms with Crippen LogP contribution in [0.3, 0.4) is 0 Å². The summed E-state index contributed by atoms with van der Waals surface area (Å²) in [6, 6.07) is 14.9. The second kappa shape index (κ2) is 6.77. The summed E-state index contributed by atoms with van der Waals surface area (Å²) in [7, 11) is -3.24. The van der Waals surface area contributed by atoms with Crippen LogP contribution in [0.2, 0.25) is 0 Å². The van der Waals surface area contributed by atoms with E-state index in [2.05, 4.69) is 17.4 Å². The lowest BCUT2D eigenvalue weighted by Gasteiger charge is -2.30. The van der Waals surface area contributed by atoms with Crippen molar-refractivity contribution in [2.24, 2.45) is 0 Å². The lowest BCUT2D eigenvalue weighted by atomic mass is 9.77. The minimum atomic E-state index is -3.24. The Bertz CT molecular complexity index is 858. The highest BCUT2D eigenvalue weighted by atomic mass is 32.2. The summed E-state index contributed by atoms with van der Waals surface area (Å²) in [5, 5.41) is 2.96. The van der Waals surface area contributed by atoms with Crippen LogP contribution < -0.4 is 5.32 Å². The number of amides is 1. The molecule has 4 nitrogen and oxygen atoms in total. The van der Waals surface area contributed by atoms with Crippen molar-refractivity contribution in [3.05, 3.63) is 65.2 Å². The zero-order chi connectivity index (χ0) is 17.2. The predicted molar refractivity (Wildman–Crippen MR) is 93.8 cm³/mol. The van der Waals surface area contributed by atoms with Gasteiger partial charge in [0.05, 0.1) is 17.1 Å². The van der Waals surface area contributed by atoms with Gasteiger partial charge >= 0.3 is 0 Å². The maximum absolute atomic E-state index is 12.1. The van der Waals surface area contributed by atoms with Gasteiger partial charge in [-0.1, -0.05) is 43.3 Å². The molecule has 24 heavy (non-hydrogen) atoms. The van der Waals surface area contributed by atoms with E-state index in [0.717, 1.165) is 12.0 Å². The molecule has 0 radical (unpaired) electrons. The normalized spacial score (nSPS) is 16.1. The van der Waals surface area contributed by atoms with Crippen LogP contribution in [-0.2, 0) is 27.5 Å². The zero-order valence-corrected chi connectivity index (χ0v) is 14.5. The van der Waals surface area contributed by atoms with Gasteiger partial charge < -0.3 is 5.32 Å². The van der Waals surface area contributed by atoms with Gasteiger partial charge in [0.1, 0.15) is 0 Å². The fraction of sp³-hybridized carbons (Fsp3) is 0.316. The van der Waals surface area contributed by atoms with Crippen molar-refractivity contribution in [3.63, 3.8) is 0 Å². The van der Waals surface area contributed by atoms with Crippen LogP contribution in [0.25, 0.3) is 0 Å². The first-order valence-electron chi connectivity index (χ1n) is 8.16. The molecule has 2 aromatic rings. The SMILES string of the molecule is CCS(=O)(=O)c1cccc(CC(=O)NCC2Cc3ccccc32)c1. The van der Waals surface area contributed by atoms with Crippen LogP contribution in [0.5, 0.6) is 0 Å². The number of hydrogen-bond acceptors (Lipinski definition) is 3. The third-order valence-corrected chi connectivity index (χ3v) is 6.24. The summed E-state index contributed by atoms with van der Waals surface area (Å²) < 4.78 is 23.8. The molecule has 5 heteroatoms. The Hall–Kier alpha value is -2.14. The summed E-state index contributed by atoms with van der Waals surface area (Å²) >= 11 is 0. The Morgan fingerprint density at radius 2 is 1.96 bits per heavy atom. The first kappa shape index (κ1) is 16.7. The van der Waals surface area contributed by atoms with Crippen molar-refractivity contribution < 1.29 is 13.2 Å². The molecular weight excluding hydrogens is 322 g/mol. The van der Waals surface area contributed by atoms with E-state index in [-0.39, 0.29) is 23.0 Å². The number of rotatable bonds is 6. The first-order valence-corrected chi connectivity index (χ1v) is 9.81. The third-order valence-electron chi connectivity index (χ3n) is 4.51. The molecule has 1 unspecified atom stereocenters. The van der Waals surface area contributed by atoms with Gasteiger partial charge in [0.25, 0.3) is 0 Å². The molecule has 0 fully saturated rings. The van der Waals surface area contributed by atoms with Crippen LogP contribution in [0.15, 0.2) is 53.4 Å². The van der Waals surface area contributed by atoms with Gasteiger partial charge in [-0.15, -0.1) is 0 Å². The second-order valence-corrected chi connectivity index (χ2v) is 8.41. The van der Waals surface area contributed by atoms with Crippen molar-refractivity contribution in [3.8, 4) is 0 Å². The predicted octanol–water partition coefficient (Wildman–Crippen LogP) is 2.48. The van der Waals surface area contributed by atoms with Gasteiger partial charge in [-0.05, 0) is 35.2 Å². The van der Waals surface area contributed by atoms with E-state index in [4.69, 9.17) is 0 Å². The van der Waals surface area contributed by atoms with Crippen LogP contribution in [0.4, 0.5) is 0 Å². The summed E-state index contributed by atoms with van der Waals surface area (Å²) in [5.74, 6) is 0.367. The maximum atomic E-state index is 12.1. The van der Waals surface area contributed by atoms with Gasteiger partial charge in [0, 0.05) is 12.5 Å². The minimum absolute atomic E-state index is 0.0593. The number of fused-ring (bicyclic) bond motifs is 1. The van der Waals surface area contributed by atoms with Crippen molar-refractivity contribution >= 4 is 15.7 Å². The smallest absolute Gasteiger partial charge is 0.224 e. The Kier molecular flexibility index (Phi) is 4.71. The molecule has 0 spiro atoms. The molecule has 0 saturated carbocycles. The third kappa shape index (κ3) is 3.51. The summed E-state index contributed by atoms with van der Waals surface area (Å²) in [6.07, 6.45) is 1.20. The van der Waals surface area contributed by atoms with Gasteiger partial charge in [-0.2, -0.15) is 0 Å². The largest absolute Gasteiger partial charge is 0.355 e. The molecule has 1 aliphatic rings. The van der Waals surface area contributed by atoms with Crippen molar-refractivity contribution in [2.45, 2.75) is 30.6 Å². The highest BCUT2D eigenvalue weighted by molar-refractivity contribution is 7.91. The lowest BCUT2D eigenvalue weighted by Crippen LogP contribution is -2.34. The number of sulfone groups is 1. The van der Waals surface area contributed by atoms with E-state index in [9.17, 15) is 13.2 Å². The molecule has 3 rings (SSSR count). The van der Waals surface area contributed by atoms with E-state index in [0.29, 0.717) is 12.5 Å². The standard InChI is InChI=1S/C19H21NO3S/c1-2-24(22,23)17-8-5-6-14(10-17)11-19(21)20-13-16-12-15-7-3-4-9-18(15)16/h3-10,16H,2,11-13H2,1H3,(H,20,21). The summed E-state index contributed by atoms with van der Waals surface area (Å²) in [5.41, 5.74) is 3.39. The molecule has 0 aliphatic heterocycles. The lowest BCUT2D eigenvalue weighted by molar-refractivity contribution is -0.120. The molecular formula is C19H21NO3S. The Labute approximate surface area is 142 Å². The highest BCUT2D eigenvalue weighted by Crippen LogP contribution is 2.33. The molecule has 1 atom stereocenters. The summed E-state index contributed by atoms with van der Waals surface area (Å²) in [4.78, 5) is 12.4. The fourth-order valence-corrected chi connectivity index (χ4v) is 4.00. The maximum Gasteiger partial charge on any atom is 0.224 e. The molecule has 0 bridgehead atoms. The highest BCUT2D eigenvalue weighted by Gasteiger charge is 2.25. The molecule has 0 saturated heterocycles. The van der Waals surface area contributed by atoms with E-state index < -0.39 is 9.84 Å². The summed E-state index contributed by atoms with van der Waals surface area (Å²) in [6.45, 7) is 2.24. The Morgan fingerprint density at radius 1 is 1.17 bits per heavy atom. The molecule has 0 aromatic heterocycles. The van der Waals surface area contributed by atoms with E-state index in [1.807, 2.05) is 12.1 Å². The average Bonchev–Trinajstić information content (AvgIpc) is 2.56. The van der Waals surface area contributed by atoms with E-state index in [1.54, 1.807) is 31.2 Å². The van der Waals surface area contributed by atoms with Crippen LogP contribution in [-0.4, -0.2) is 26.6 Å². The second-order valence-electron chi connectivity index (χ2n) is 6.13. The zero-order valence-electron chi connectivity index (χ0n) is 13.7. The number of carbonyl (C=O) groups excluding carboxylic acids is 1. The molecule has 1 aliphatic carbocycles. The van der Waals surface area contributed by atoms with E-state index in [1.165, 1.54) is 11.1 Å². The molecule has 1 amide bonds. The van der Waals surface area contributed by atoms with E-state index >= 15 is 0 Å². The van der Waals surface area contributed by atoms with Crippen LogP contribution in [0.1, 0.15) is 29.5 Å². The monoisotopic (exact) mass is 343 g/mol. The van der Waals surface area contributed by atoms with Crippen molar-refractivity contribution in [2.75, 3.05) is 12.3 Å². The number of carbonyl (C=O) groups is 1. The van der Waals surface area contributed by atoms with Crippen LogP contribution >= 0.6 is 0 Å². The van der Waals surface area contributed by atoms with Gasteiger partial charge in [0.2, 0.25) is 5.91 Å². The van der Waals surface area contributed by atoms with Crippen LogP contribution in [0, 0.1) is 0 Å². The number of benzene rings is 2. The molecule has 1 N–H and O–H groups in total. The fourth-order valence-electron chi connectivity index (χ4n) is 3.05. The van der Waals surface area contributed by atoms with Gasteiger partial charge in [0.15, 0.2) is 9.84 Å². The van der Waals surface area contributed by atoms with Crippen molar-refractivity contribution in [1.29, 1.82) is 0 Å². The minimum Gasteiger partial charge on any atom is -0.355 e. The van der Waals surface area contributed by atoms with Gasteiger partial charge in [-0.25, -0.2) is 8.42 Å². The average molecular weight is 343 g/mol. The number of nitrogens with one attached hydrogen (secondary N) is 1. The quantitative estimate of drug-likeness (QED) is 0.876. The molecule has 126 valence electrons. The van der Waals surface area contributed by atoms with Crippen molar-refractivity contribution in [1.82, 2.24) is 5.32 Å². The molecule has 0 heterocycles. The topological polar surface area (TPSA) is 63.2 Å². The first-order chi connectivity index (χ1) is 11.5. The number of hydrogen-bond donors (Lipinski definition) is 1. The Balaban J connectivity index is 1.57. The van der Waals surface area contributed by atoms with Gasteiger partial charge in [-0.3, -0.25) is 4.79 Å².